The van der Waals surface area contributed by atoms with Crippen molar-refractivity contribution in [3.05, 3.63) is 83.4 Å². The topological polar surface area (TPSA) is 53.4 Å². The highest BCUT2D eigenvalue weighted by Gasteiger charge is 2.25. The van der Waals surface area contributed by atoms with Gasteiger partial charge in [0, 0.05) is 29.9 Å². The van der Waals surface area contributed by atoms with Crippen LogP contribution in [0, 0.1) is 0 Å². The molecule has 0 fully saturated rings. The lowest BCUT2D eigenvalue weighted by atomic mass is 9.87. The molecule has 0 saturated carbocycles. The van der Waals surface area contributed by atoms with E-state index in [1.165, 1.54) is 0 Å². The molecule has 162 valence electrons. The van der Waals surface area contributed by atoms with E-state index in [4.69, 9.17) is 9.47 Å². The number of hydrogen-bond donors (Lipinski definition) is 0. The van der Waals surface area contributed by atoms with Crippen LogP contribution in [0.25, 0.3) is 0 Å². The first-order valence-electron chi connectivity index (χ1n) is 11.1. The number of nitrogens with zero attached hydrogens (tertiary/aromatic N) is 2. The first kappa shape index (κ1) is 21.3. The van der Waals surface area contributed by atoms with Crippen molar-refractivity contribution < 1.29 is 14.3 Å². The van der Waals surface area contributed by atoms with Crippen LogP contribution in [0.1, 0.15) is 66.3 Å². The number of rotatable bonds is 9. The third-order valence-electron chi connectivity index (χ3n) is 5.98. The summed E-state index contributed by atoms with van der Waals surface area (Å²) in [6, 6.07) is 14.1. The van der Waals surface area contributed by atoms with Crippen molar-refractivity contribution in [2.75, 3.05) is 0 Å². The number of hydrogen-bond acceptors (Lipinski definition) is 4. The van der Waals surface area contributed by atoms with E-state index in [9.17, 15) is 4.79 Å². The summed E-state index contributed by atoms with van der Waals surface area (Å²) in [6.07, 6.45) is 8.81. The molecule has 1 aliphatic carbocycles. The molecule has 4 rings (SSSR count). The predicted molar refractivity (Wildman–Crippen MR) is 120 cm³/mol. The van der Waals surface area contributed by atoms with Crippen molar-refractivity contribution in [3.63, 3.8) is 0 Å². The molecule has 5 heteroatoms. The Morgan fingerprint density at radius 2 is 1.97 bits per heavy atom. The summed E-state index contributed by atoms with van der Waals surface area (Å²) in [7, 11) is 0. The van der Waals surface area contributed by atoms with Gasteiger partial charge < -0.3 is 14.0 Å². The summed E-state index contributed by atoms with van der Waals surface area (Å²) in [5.41, 5.74) is 4.02. The van der Waals surface area contributed by atoms with E-state index >= 15 is 0 Å². The van der Waals surface area contributed by atoms with E-state index in [0.29, 0.717) is 19.6 Å². The minimum atomic E-state index is -0.185. The van der Waals surface area contributed by atoms with Gasteiger partial charge in [-0.05, 0) is 49.4 Å². The summed E-state index contributed by atoms with van der Waals surface area (Å²) < 4.78 is 14.8. The van der Waals surface area contributed by atoms with Gasteiger partial charge in [0.2, 0.25) is 0 Å². The van der Waals surface area contributed by atoms with E-state index in [1.54, 1.807) is 12.5 Å². The number of aromatic nitrogens is 2. The van der Waals surface area contributed by atoms with Gasteiger partial charge >= 0.3 is 0 Å². The monoisotopic (exact) mass is 418 g/mol. The van der Waals surface area contributed by atoms with E-state index in [-0.39, 0.29) is 18.0 Å². The Morgan fingerprint density at radius 1 is 1.13 bits per heavy atom. The normalized spacial score (nSPS) is 15.4. The smallest absolute Gasteiger partial charge is 0.163 e. The molecule has 0 bridgehead atoms. The highest BCUT2D eigenvalue weighted by molar-refractivity contribution is 5.99. The summed E-state index contributed by atoms with van der Waals surface area (Å²) in [5.74, 6) is 1.02. The van der Waals surface area contributed by atoms with Crippen LogP contribution in [0.4, 0.5) is 0 Å². The van der Waals surface area contributed by atoms with Crippen LogP contribution < -0.4 is 4.74 Å². The Labute approximate surface area is 184 Å². The molecule has 1 aliphatic rings. The summed E-state index contributed by atoms with van der Waals surface area (Å²) in [6.45, 7) is 5.29. The molecule has 0 aliphatic heterocycles. The number of ketones is 1. The maximum absolute atomic E-state index is 12.5. The minimum absolute atomic E-state index is 0.152. The molecule has 1 heterocycles. The van der Waals surface area contributed by atoms with E-state index in [1.807, 2.05) is 41.1 Å². The highest BCUT2D eigenvalue weighted by Crippen LogP contribution is 2.35. The maximum Gasteiger partial charge on any atom is 0.163 e. The number of benzene rings is 2. The van der Waals surface area contributed by atoms with Crippen molar-refractivity contribution >= 4 is 5.78 Å². The van der Waals surface area contributed by atoms with Crippen molar-refractivity contribution in [3.8, 4) is 5.75 Å². The maximum atomic E-state index is 12.5. The van der Waals surface area contributed by atoms with Gasteiger partial charge in [0.15, 0.2) is 5.78 Å². The average Bonchev–Trinajstić information content (AvgIpc) is 3.31. The zero-order valence-electron chi connectivity index (χ0n) is 18.3. The van der Waals surface area contributed by atoms with Gasteiger partial charge in [-0.2, -0.15) is 0 Å². The van der Waals surface area contributed by atoms with Crippen LogP contribution in [-0.2, 0) is 24.3 Å². The van der Waals surface area contributed by atoms with Gasteiger partial charge in [0.05, 0.1) is 25.6 Å². The first-order valence-corrected chi connectivity index (χ1v) is 11.1. The Balaban J connectivity index is 1.69. The van der Waals surface area contributed by atoms with Crippen molar-refractivity contribution in [1.82, 2.24) is 9.55 Å². The molecular formula is C26H30N2O3. The molecule has 0 N–H and O–H groups in total. The van der Waals surface area contributed by atoms with Crippen molar-refractivity contribution in [2.45, 2.75) is 64.9 Å². The molecule has 31 heavy (non-hydrogen) atoms. The van der Waals surface area contributed by atoms with Crippen LogP contribution in [0.2, 0.25) is 0 Å². The predicted octanol–water partition coefficient (Wildman–Crippen LogP) is 5.54. The third-order valence-corrected chi connectivity index (χ3v) is 5.98. The lowest BCUT2D eigenvalue weighted by Crippen LogP contribution is -2.19. The fourth-order valence-corrected chi connectivity index (χ4v) is 4.01. The van der Waals surface area contributed by atoms with E-state index < -0.39 is 0 Å². The highest BCUT2D eigenvalue weighted by atomic mass is 16.5. The van der Waals surface area contributed by atoms with Gasteiger partial charge in [-0.3, -0.25) is 4.79 Å². The fourth-order valence-electron chi connectivity index (χ4n) is 4.01. The summed E-state index contributed by atoms with van der Waals surface area (Å²) in [4.78, 5) is 16.7. The SMILES string of the molecule is CCC(C)OCc1c(O[C@H](Cn2ccnc2)c2ccccc2)ccc2c1CCCC2=O. The standard InChI is InChI=1S/C26H30N2O3/c1-3-19(2)30-17-23-21-10-7-11-24(29)22(21)12-13-25(23)31-26(16-28-15-14-27-18-28)20-8-5-4-6-9-20/h4-6,8-9,12-15,18-19,26H,3,7,10-11,16-17H2,1-2H3/t19?,26-/m1/s1. The Bertz CT molecular complexity index is 999. The molecule has 3 aromatic rings. The number of imidazole rings is 1. The fraction of sp³-hybridized carbons (Fsp3) is 0.385. The van der Waals surface area contributed by atoms with Crippen molar-refractivity contribution in [2.24, 2.45) is 0 Å². The van der Waals surface area contributed by atoms with Crippen LogP contribution in [0.3, 0.4) is 0 Å². The molecule has 2 aromatic carbocycles. The number of Topliss-reactive ketones (excluding diaryl/α,β-unsaturated/α-hetero) is 1. The number of carbonyl (C=O) groups is 1. The zero-order valence-corrected chi connectivity index (χ0v) is 18.3. The quantitative estimate of drug-likeness (QED) is 0.458. The van der Waals surface area contributed by atoms with Gasteiger partial charge in [0.25, 0.3) is 0 Å². The third kappa shape index (κ3) is 5.05. The van der Waals surface area contributed by atoms with Crippen LogP contribution >= 0.6 is 0 Å². The summed E-state index contributed by atoms with van der Waals surface area (Å²) in [5, 5.41) is 0. The first-order chi connectivity index (χ1) is 15.2. The molecule has 0 amide bonds. The van der Waals surface area contributed by atoms with Crippen molar-refractivity contribution in [1.29, 1.82) is 0 Å². The van der Waals surface area contributed by atoms with Crippen LogP contribution in [0.5, 0.6) is 5.75 Å². The van der Waals surface area contributed by atoms with Crippen LogP contribution in [-0.4, -0.2) is 21.4 Å². The Kier molecular flexibility index (Phi) is 6.82. The molecule has 1 aromatic heterocycles. The second-order valence-corrected chi connectivity index (χ2v) is 8.15. The minimum Gasteiger partial charge on any atom is -0.483 e. The van der Waals surface area contributed by atoms with E-state index in [2.05, 4.69) is 31.0 Å². The second-order valence-electron chi connectivity index (χ2n) is 8.15. The summed E-state index contributed by atoms with van der Waals surface area (Å²) >= 11 is 0. The Hall–Kier alpha value is -2.92. The molecular weight excluding hydrogens is 388 g/mol. The lowest BCUT2D eigenvalue weighted by molar-refractivity contribution is 0.0477. The molecule has 5 nitrogen and oxygen atoms in total. The number of fused-ring (bicyclic) bond motifs is 1. The van der Waals surface area contributed by atoms with Gasteiger partial charge in [0.1, 0.15) is 11.9 Å². The largest absolute Gasteiger partial charge is 0.483 e. The zero-order chi connectivity index (χ0) is 21.6. The van der Waals surface area contributed by atoms with E-state index in [0.717, 1.165) is 47.3 Å². The number of ether oxygens (including phenoxy) is 2. The van der Waals surface area contributed by atoms with Crippen LogP contribution in [0.15, 0.2) is 61.2 Å². The molecule has 0 radical (unpaired) electrons. The van der Waals surface area contributed by atoms with Gasteiger partial charge in [-0.25, -0.2) is 4.98 Å². The lowest BCUT2D eigenvalue weighted by Gasteiger charge is -2.26. The Morgan fingerprint density at radius 3 is 2.71 bits per heavy atom. The molecule has 0 spiro atoms. The van der Waals surface area contributed by atoms with Gasteiger partial charge in [-0.1, -0.05) is 37.3 Å². The molecule has 1 unspecified atom stereocenters. The second kappa shape index (κ2) is 9.92. The number of carbonyl (C=O) groups excluding carboxylic acids is 1. The molecule has 0 saturated heterocycles. The molecule has 2 atom stereocenters. The average molecular weight is 419 g/mol. The van der Waals surface area contributed by atoms with Gasteiger partial charge in [-0.15, -0.1) is 0 Å².